The van der Waals surface area contributed by atoms with Gasteiger partial charge in [0.15, 0.2) is 5.89 Å². The highest BCUT2D eigenvalue weighted by Gasteiger charge is 2.56. The maximum absolute atomic E-state index is 12.7. The molecule has 1 aromatic carbocycles. The largest absolute Gasteiger partial charge is 0.497 e. The number of hydrogen-bond donors (Lipinski definition) is 0. The molecule has 0 radical (unpaired) electrons. The molecule has 2 saturated heterocycles. The Morgan fingerprint density at radius 1 is 1.37 bits per heavy atom. The minimum Gasteiger partial charge on any atom is -0.497 e. The highest BCUT2D eigenvalue weighted by atomic mass is 16.5. The smallest absolute Gasteiger partial charge is 0.222 e. The van der Waals surface area contributed by atoms with Crippen LogP contribution in [0.15, 0.2) is 34.9 Å². The van der Waals surface area contributed by atoms with Gasteiger partial charge in [-0.1, -0.05) is 12.1 Å². The normalized spacial score (nSPS) is 21.4. The van der Waals surface area contributed by atoms with Crippen LogP contribution in [0.4, 0.5) is 0 Å². The number of methoxy groups -OCH3 is 1. The average molecular weight is 369 g/mol. The molecule has 0 saturated carbocycles. The summed E-state index contributed by atoms with van der Waals surface area (Å²) in [4.78, 5) is 21.4. The van der Waals surface area contributed by atoms with Crippen LogP contribution >= 0.6 is 0 Å². The van der Waals surface area contributed by atoms with Crippen LogP contribution in [0, 0.1) is 12.3 Å². The summed E-state index contributed by atoms with van der Waals surface area (Å²) in [7, 11) is 3.79. The van der Waals surface area contributed by atoms with Gasteiger partial charge in [-0.15, -0.1) is 0 Å². The SMILES string of the molecule is COc1cccc(CCC(=O)N2CC3(CN(C)CC3c3ncc(C)o3)C2)c1. The number of carbonyl (C=O) groups excluding carboxylic acids is 1. The fourth-order valence-electron chi connectivity index (χ4n) is 4.54. The summed E-state index contributed by atoms with van der Waals surface area (Å²) in [5, 5.41) is 0. The summed E-state index contributed by atoms with van der Waals surface area (Å²) in [6.07, 6.45) is 3.06. The van der Waals surface area contributed by atoms with E-state index in [9.17, 15) is 4.79 Å². The Hall–Kier alpha value is -2.34. The maximum atomic E-state index is 12.7. The van der Waals surface area contributed by atoms with Crippen LogP contribution in [0.5, 0.6) is 5.75 Å². The van der Waals surface area contributed by atoms with Gasteiger partial charge in [-0.25, -0.2) is 4.98 Å². The number of carbonyl (C=O) groups is 1. The van der Waals surface area contributed by atoms with E-state index in [2.05, 4.69) is 16.9 Å². The fraction of sp³-hybridized carbons (Fsp3) is 0.524. The molecule has 1 unspecified atom stereocenters. The van der Waals surface area contributed by atoms with E-state index < -0.39 is 0 Å². The Bertz CT molecular complexity index is 826. The van der Waals surface area contributed by atoms with Crippen molar-refractivity contribution in [2.45, 2.75) is 25.7 Å². The van der Waals surface area contributed by atoms with Gasteiger partial charge in [0.25, 0.3) is 0 Å². The van der Waals surface area contributed by atoms with E-state index in [0.717, 1.165) is 55.6 Å². The summed E-state index contributed by atoms with van der Waals surface area (Å²) in [5.74, 6) is 2.99. The fourth-order valence-corrected chi connectivity index (χ4v) is 4.54. The molecule has 1 spiro atoms. The molecule has 4 rings (SSSR count). The third-order valence-electron chi connectivity index (χ3n) is 5.88. The molecule has 1 aromatic heterocycles. The van der Waals surface area contributed by atoms with Gasteiger partial charge in [0.05, 0.1) is 19.2 Å². The van der Waals surface area contributed by atoms with Crippen LogP contribution in [-0.4, -0.2) is 61.0 Å². The lowest BCUT2D eigenvalue weighted by atomic mass is 9.71. The van der Waals surface area contributed by atoms with Gasteiger partial charge in [-0.2, -0.15) is 0 Å². The highest BCUT2D eigenvalue weighted by Crippen LogP contribution is 2.48. The van der Waals surface area contributed by atoms with Crippen LogP contribution in [0.3, 0.4) is 0 Å². The highest BCUT2D eigenvalue weighted by molar-refractivity contribution is 5.77. The van der Waals surface area contributed by atoms with Crippen LogP contribution < -0.4 is 4.74 Å². The minimum absolute atomic E-state index is 0.0810. The Morgan fingerprint density at radius 3 is 2.89 bits per heavy atom. The van der Waals surface area contributed by atoms with E-state index in [4.69, 9.17) is 9.15 Å². The van der Waals surface area contributed by atoms with Crippen molar-refractivity contribution in [3.63, 3.8) is 0 Å². The Labute approximate surface area is 160 Å². The van der Waals surface area contributed by atoms with Gasteiger partial charge in [-0.05, 0) is 38.1 Å². The summed E-state index contributed by atoms with van der Waals surface area (Å²) in [6.45, 7) is 5.43. The van der Waals surface area contributed by atoms with Gasteiger partial charge in [0, 0.05) is 38.0 Å². The zero-order valence-electron chi connectivity index (χ0n) is 16.3. The molecule has 6 nitrogen and oxygen atoms in total. The third-order valence-corrected chi connectivity index (χ3v) is 5.88. The Balaban J connectivity index is 1.36. The number of likely N-dealkylation sites (tertiary alicyclic amines) is 2. The number of benzene rings is 1. The van der Waals surface area contributed by atoms with Gasteiger partial charge >= 0.3 is 0 Å². The number of nitrogens with zero attached hydrogens (tertiary/aromatic N) is 3. The first-order valence-electron chi connectivity index (χ1n) is 9.51. The number of oxazole rings is 1. The van der Waals surface area contributed by atoms with Gasteiger partial charge in [0.2, 0.25) is 5.91 Å². The van der Waals surface area contributed by atoms with Crippen molar-refractivity contribution in [1.82, 2.24) is 14.8 Å². The molecule has 2 aliphatic rings. The van der Waals surface area contributed by atoms with Gasteiger partial charge in [0.1, 0.15) is 11.5 Å². The predicted molar refractivity (Wildman–Crippen MR) is 102 cm³/mol. The number of rotatable bonds is 5. The number of aryl methyl sites for hydroxylation is 2. The molecule has 1 amide bonds. The summed E-state index contributed by atoms with van der Waals surface area (Å²) in [5.41, 5.74) is 1.21. The molecule has 144 valence electrons. The first-order valence-corrected chi connectivity index (χ1v) is 9.51. The van der Waals surface area contributed by atoms with Crippen molar-refractivity contribution in [1.29, 1.82) is 0 Å². The molecule has 27 heavy (non-hydrogen) atoms. The zero-order valence-corrected chi connectivity index (χ0v) is 16.3. The van der Waals surface area contributed by atoms with Crippen LogP contribution in [0.1, 0.15) is 29.6 Å². The molecule has 2 aromatic rings. The number of likely N-dealkylation sites (N-methyl/N-ethyl adjacent to an activating group) is 1. The van der Waals surface area contributed by atoms with Crippen LogP contribution in [0.2, 0.25) is 0 Å². The lowest BCUT2D eigenvalue weighted by Gasteiger charge is -2.50. The van der Waals surface area contributed by atoms with E-state index in [1.165, 1.54) is 0 Å². The standard InChI is InChI=1S/C21H27N3O3/c1-15-10-22-20(27-15)18-11-23(2)12-21(18)13-24(14-21)19(25)8-7-16-5-4-6-17(9-16)26-3/h4-6,9-10,18H,7-8,11-14H2,1-3H3. The van der Waals surface area contributed by atoms with Crippen LogP contribution in [0.25, 0.3) is 0 Å². The second kappa shape index (κ2) is 7.00. The first kappa shape index (κ1) is 18.0. The number of ether oxygens (including phenoxy) is 1. The van der Waals surface area contributed by atoms with E-state index in [-0.39, 0.29) is 17.2 Å². The van der Waals surface area contributed by atoms with Crippen molar-refractivity contribution in [2.75, 3.05) is 40.3 Å². The molecule has 1 atom stereocenters. The summed E-state index contributed by atoms with van der Waals surface area (Å²) in [6, 6.07) is 7.93. The molecular weight excluding hydrogens is 342 g/mol. The van der Waals surface area contributed by atoms with Crippen molar-refractivity contribution in [3.05, 3.63) is 47.7 Å². The summed E-state index contributed by atoms with van der Waals surface area (Å²) >= 11 is 0. The van der Waals surface area contributed by atoms with Crippen molar-refractivity contribution in [2.24, 2.45) is 5.41 Å². The Kier molecular flexibility index (Phi) is 4.68. The molecule has 2 fully saturated rings. The monoisotopic (exact) mass is 369 g/mol. The van der Waals surface area contributed by atoms with Crippen molar-refractivity contribution < 1.29 is 13.9 Å². The molecule has 0 N–H and O–H groups in total. The topological polar surface area (TPSA) is 58.8 Å². The Morgan fingerprint density at radius 2 is 2.19 bits per heavy atom. The number of hydrogen-bond acceptors (Lipinski definition) is 5. The van der Waals surface area contributed by atoms with Gasteiger partial charge in [-0.3, -0.25) is 4.79 Å². The lowest BCUT2D eigenvalue weighted by molar-refractivity contribution is -0.143. The molecule has 0 bridgehead atoms. The average Bonchev–Trinajstić information content (AvgIpc) is 3.21. The maximum Gasteiger partial charge on any atom is 0.222 e. The zero-order chi connectivity index (χ0) is 19.0. The van der Waals surface area contributed by atoms with E-state index >= 15 is 0 Å². The summed E-state index contributed by atoms with van der Waals surface area (Å²) < 4.78 is 11.1. The first-order chi connectivity index (χ1) is 13.0. The molecule has 0 aliphatic carbocycles. The molecule has 3 heterocycles. The van der Waals surface area contributed by atoms with E-state index in [0.29, 0.717) is 6.42 Å². The number of aromatic nitrogens is 1. The van der Waals surface area contributed by atoms with Crippen LogP contribution in [-0.2, 0) is 11.2 Å². The van der Waals surface area contributed by atoms with Crippen molar-refractivity contribution in [3.8, 4) is 5.75 Å². The quantitative estimate of drug-likeness (QED) is 0.810. The lowest BCUT2D eigenvalue weighted by Crippen LogP contribution is -2.61. The number of amides is 1. The molecular formula is C21H27N3O3. The predicted octanol–water partition coefficient (Wildman–Crippen LogP) is 2.48. The molecule has 6 heteroatoms. The van der Waals surface area contributed by atoms with E-state index in [1.807, 2.05) is 36.1 Å². The van der Waals surface area contributed by atoms with Crippen molar-refractivity contribution >= 4 is 5.91 Å². The van der Waals surface area contributed by atoms with E-state index in [1.54, 1.807) is 13.3 Å². The molecule has 2 aliphatic heterocycles. The third kappa shape index (κ3) is 3.46. The second-order valence-electron chi connectivity index (χ2n) is 8.02. The second-order valence-corrected chi connectivity index (χ2v) is 8.02. The van der Waals surface area contributed by atoms with Gasteiger partial charge < -0.3 is 19.0 Å². The minimum atomic E-state index is 0.0810.